The van der Waals surface area contributed by atoms with Crippen molar-refractivity contribution in [1.29, 1.82) is 0 Å². The zero-order valence-electron chi connectivity index (χ0n) is 20.8. The monoisotopic (exact) mass is 444 g/mol. The Labute approximate surface area is 194 Å². The van der Waals surface area contributed by atoms with Crippen LogP contribution in [0.5, 0.6) is 0 Å². The first-order valence-corrected chi connectivity index (χ1v) is 13.0. The molecule has 4 saturated carbocycles. The molecular weight excluding hydrogens is 400 g/mol. The normalized spacial score (nSPS) is 47.9. The molecule has 4 aliphatic rings. The number of fused-ring (bicyclic) bond motifs is 5. The Balaban J connectivity index is 1.59. The molecule has 4 nitrogen and oxygen atoms in total. The van der Waals surface area contributed by atoms with Gasteiger partial charge in [-0.05, 0) is 81.0 Å². The van der Waals surface area contributed by atoms with Crippen LogP contribution in [0, 0.1) is 46.3 Å². The first-order valence-electron chi connectivity index (χ1n) is 13.0. The lowest BCUT2D eigenvalue weighted by molar-refractivity contribution is -0.212. The van der Waals surface area contributed by atoms with Crippen LogP contribution in [0.15, 0.2) is 12.2 Å². The average molecular weight is 445 g/mol. The Morgan fingerprint density at radius 1 is 1.06 bits per heavy atom. The second-order valence-electron chi connectivity index (χ2n) is 12.6. The van der Waals surface area contributed by atoms with Crippen molar-refractivity contribution in [1.82, 2.24) is 0 Å². The summed E-state index contributed by atoms with van der Waals surface area (Å²) in [5.41, 5.74) is -1.22. The maximum absolute atomic E-state index is 13.9. The number of Topliss-reactive ketones (excluding diaryl/α,β-unsaturated/α-hetero) is 2. The van der Waals surface area contributed by atoms with Crippen molar-refractivity contribution in [3.05, 3.63) is 12.2 Å². The van der Waals surface area contributed by atoms with Crippen molar-refractivity contribution in [2.75, 3.05) is 0 Å². The molecule has 0 aromatic carbocycles. The number of hydrogen-bond donors (Lipinski definition) is 2. The Kier molecular flexibility index (Phi) is 6.07. The summed E-state index contributed by atoms with van der Waals surface area (Å²) >= 11 is 0. The number of aliphatic hydroxyl groups excluding tert-OH is 1. The fourth-order valence-corrected chi connectivity index (χ4v) is 8.63. The number of carbonyl (C=O) groups is 2. The highest BCUT2D eigenvalue weighted by Gasteiger charge is 2.69. The highest BCUT2D eigenvalue weighted by molar-refractivity contribution is 5.92. The zero-order chi connectivity index (χ0) is 23.6. The third kappa shape index (κ3) is 3.30. The molecule has 0 aromatic rings. The number of rotatable bonds is 5. The van der Waals surface area contributed by atoms with Crippen molar-refractivity contribution in [2.24, 2.45) is 46.3 Å². The summed E-state index contributed by atoms with van der Waals surface area (Å²) in [6.07, 6.45) is 5.86. The minimum Gasteiger partial charge on any atom is -0.393 e. The van der Waals surface area contributed by atoms with E-state index in [0.29, 0.717) is 49.2 Å². The average Bonchev–Trinajstić information content (AvgIpc) is 3.08. The molecule has 0 heterocycles. The molecule has 32 heavy (non-hydrogen) atoms. The van der Waals surface area contributed by atoms with Crippen LogP contribution in [0.4, 0.5) is 0 Å². The van der Waals surface area contributed by atoms with Gasteiger partial charge < -0.3 is 10.2 Å². The lowest BCUT2D eigenvalue weighted by Gasteiger charge is -2.62. The summed E-state index contributed by atoms with van der Waals surface area (Å²) < 4.78 is 0. The quantitative estimate of drug-likeness (QED) is 0.578. The van der Waals surface area contributed by atoms with E-state index in [1.165, 1.54) is 5.57 Å². The van der Waals surface area contributed by atoms with Crippen LogP contribution >= 0.6 is 0 Å². The van der Waals surface area contributed by atoms with Crippen LogP contribution in [0.2, 0.25) is 0 Å². The molecule has 2 N–H and O–H groups in total. The molecule has 4 fully saturated rings. The summed E-state index contributed by atoms with van der Waals surface area (Å²) in [7, 11) is 0. The van der Waals surface area contributed by atoms with Gasteiger partial charge in [-0.15, -0.1) is 0 Å². The predicted octanol–water partition coefficient (Wildman–Crippen LogP) is 5.11. The Morgan fingerprint density at radius 2 is 1.75 bits per heavy atom. The van der Waals surface area contributed by atoms with Crippen LogP contribution < -0.4 is 0 Å². The highest BCUT2D eigenvalue weighted by atomic mass is 16.3. The third-order valence-electron chi connectivity index (χ3n) is 11.1. The van der Waals surface area contributed by atoms with Gasteiger partial charge >= 0.3 is 0 Å². The van der Waals surface area contributed by atoms with E-state index in [9.17, 15) is 19.8 Å². The first-order chi connectivity index (χ1) is 14.9. The van der Waals surface area contributed by atoms with Gasteiger partial charge in [-0.25, -0.2) is 0 Å². The SMILES string of the molecule is C=C(C)C(C)CCC(C)C1CCC2C3CC(=O)C4(O)CC(O)CCC4(C)C3CC(=O)C12C. The van der Waals surface area contributed by atoms with Gasteiger partial charge in [0.05, 0.1) is 6.10 Å². The lowest BCUT2D eigenvalue weighted by Crippen LogP contribution is -2.68. The Bertz CT molecular complexity index is 803. The smallest absolute Gasteiger partial charge is 0.165 e. The topological polar surface area (TPSA) is 74.6 Å². The molecule has 0 saturated heterocycles. The molecule has 4 aliphatic carbocycles. The maximum Gasteiger partial charge on any atom is 0.165 e. The van der Waals surface area contributed by atoms with Crippen LogP contribution in [0.1, 0.15) is 92.4 Å². The van der Waals surface area contributed by atoms with Gasteiger partial charge in [0.15, 0.2) is 5.78 Å². The number of hydrogen-bond acceptors (Lipinski definition) is 4. The van der Waals surface area contributed by atoms with E-state index in [1.54, 1.807) is 0 Å². The van der Waals surface area contributed by atoms with Crippen LogP contribution in [-0.4, -0.2) is 33.5 Å². The van der Waals surface area contributed by atoms with Crippen LogP contribution in [-0.2, 0) is 9.59 Å². The summed E-state index contributed by atoms with van der Waals surface area (Å²) in [4.78, 5) is 27.2. The lowest BCUT2D eigenvalue weighted by atomic mass is 9.42. The molecule has 4 heteroatoms. The van der Waals surface area contributed by atoms with Crippen molar-refractivity contribution in [2.45, 2.75) is 104 Å². The van der Waals surface area contributed by atoms with Gasteiger partial charge in [-0.3, -0.25) is 9.59 Å². The van der Waals surface area contributed by atoms with Crippen molar-refractivity contribution < 1.29 is 19.8 Å². The van der Waals surface area contributed by atoms with E-state index in [4.69, 9.17) is 0 Å². The largest absolute Gasteiger partial charge is 0.393 e. The molecule has 0 aromatic heterocycles. The molecule has 0 radical (unpaired) electrons. The summed E-state index contributed by atoms with van der Waals surface area (Å²) in [5, 5.41) is 21.7. The number of allylic oxidation sites excluding steroid dienone is 1. The van der Waals surface area contributed by atoms with Crippen molar-refractivity contribution in [3.63, 3.8) is 0 Å². The van der Waals surface area contributed by atoms with Crippen molar-refractivity contribution in [3.8, 4) is 0 Å². The number of aliphatic hydroxyl groups is 2. The number of ketones is 2. The molecule has 0 bridgehead atoms. The van der Waals surface area contributed by atoms with Crippen molar-refractivity contribution >= 4 is 11.6 Å². The van der Waals surface area contributed by atoms with E-state index in [1.807, 2.05) is 6.92 Å². The fraction of sp³-hybridized carbons (Fsp3) is 0.857. The van der Waals surface area contributed by atoms with E-state index in [-0.39, 0.29) is 35.4 Å². The van der Waals surface area contributed by atoms with E-state index >= 15 is 0 Å². The molecule has 4 rings (SSSR count). The van der Waals surface area contributed by atoms with E-state index in [2.05, 4.69) is 34.3 Å². The maximum atomic E-state index is 13.9. The van der Waals surface area contributed by atoms with Gasteiger partial charge in [-0.1, -0.05) is 39.8 Å². The molecule has 10 unspecified atom stereocenters. The van der Waals surface area contributed by atoms with Crippen LogP contribution in [0.3, 0.4) is 0 Å². The first kappa shape index (κ1) is 24.1. The predicted molar refractivity (Wildman–Crippen MR) is 126 cm³/mol. The second kappa shape index (κ2) is 8.05. The van der Waals surface area contributed by atoms with Crippen LogP contribution in [0.25, 0.3) is 0 Å². The van der Waals surface area contributed by atoms with E-state index < -0.39 is 17.1 Å². The van der Waals surface area contributed by atoms with E-state index in [0.717, 1.165) is 25.7 Å². The Morgan fingerprint density at radius 3 is 2.41 bits per heavy atom. The number of carbonyl (C=O) groups excluding carboxylic acids is 2. The summed E-state index contributed by atoms with van der Waals surface area (Å²) in [5.74, 6) is 2.07. The van der Waals surface area contributed by atoms with Gasteiger partial charge in [-0.2, -0.15) is 0 Å². The molecule has 0 amide bonds. The molecule has 0 spiro atoms. The molecule has 180 valence electrons. The Hall–Kier alpha value is -1.00. The van der Waals surface area contributed by atoms with Gasteiger partial charge in [0.25, 0.3) is 0 Å². The minimum atomic E-state index is -1.48. The second-order valence-corrected chi connectivity index (χ2v) is 12.6. The standard InChI is InChI=1S/C28H44O4/c1-16(2)17(3)7-8-18(4)21-9-10-22-20-13-25(31)28(32)15-19(29)11-12-26(28,5)23(20)14-24(30)27(21,22)6/h17-23,29,32H,1,7-15H2,2-6H3. The molecular formula is C28H44O4. The summed E-state index contributed by atoms with van der Waals surface area (Å²) in [6, 6.07) is 0. The third-order valence-corrected chi connectivity index (χ3v) is 11.1. The minimum absolute atomic E-state index is 0.0424. The molecule has 10 atom stereocenters. The zero-order valence-corrected chi connectivity index (χ0v) is 20.8. The molecule has 0 aliphatic heterocycles. The van der Waals surface area contributed by atoms with Gasteiger partial charge in [0, 0.05) is 30.1 Å². The van der Waals surface area contributed by atoms with Gasteiger partial charge in [0.2, 0.25) is 0 Å². The van der Waals surface area contributed by atoms with Gasteiger partial charge in [0.1, 0.15) is 11.4 Å². The fourth-order valence-electron chi connectivity index (χ4n) is 8.63. The summed E-state index contributed by atoms with van der Waals surface area (Å²) in [6.45, 7) is 15.0. The highest BCUT2D eigenvalue weighted by Crippen LogP contribution is 2.67.